The molecule has 0 unspecified atom stereocenters. The minimum atomic E-state index is 0.822. The predicted molar refractivity (Wildman–Crippen MR) is 40.3 cm³/mol. The quantitative estimate of drug-likeness (QED) is 0.243. The van der Waals surface area contributed by atoms with Crippen LogP contribution < -0.4 is 5.73 Å². The van der Waals surface area contributed by atoms with E-state index in [0.717, 1.165) is 5.69 Å². The minimum absolute atomic E-state index is 0.822. The van der Waals surface area contributed by atoms with E-state index < -0.39 is 0 Å². The van der Waals surface area contributed by atoms with Crippen LogP contribution in [0.15, 0.2) is 30.3 Å². The number of nitrogens with one attached hydrogen (secondary N) is 1. The van der Waals surface area contributed by atoms with Crippen LogP contribution in [0.3, 0.4) is 0 Å². The Balaban J connectivity index is 0.000000236. The molecule has 0 radical (unpaired) electrons. The number of hydrogen-bond acceptors (Lipinski definition) is 2. The average molecular weight is 136 g/mol. The average Bonchev–Trinajstić information content (AvgIpc) is 1.91. The van der Waals surface area contributed by atoms with E-state index >= 15 is 0 Å². The summed E-state index contributed by atoms with van der Waals surface area (Å²) in [5.41, 5.74) is 18.4. The number of nitrogens with two attached hydrogens (primary N) is 1. The maximum absolute atomic E-state index is 6.86. The van der Waals surface area contributed by atoms with Crippen LogP contribution in [0.25, 0.3) is 10.4 Å². The first-order chi connectivity index (χ1) is 4.81. The zero-order chi connectivity index (χ0) is 7.82. The van der Waals surface area contributed by atoms with Gasteiger partial charge in [-0.3, -0.25) is 0 Å². The van der Waals surface area contributed by atoms with E-state index in [-0.39, 0.29) is 0 Å². The molecule has 1 aromatic carbocycles. The summed E-state index contributed by atoms with van der Waals surface area (Å²) >= 11 is 0. The number of hydrogen-bond donors (Lipinski definition) is 2. The lowest BCUT2D eigenvalue weighted by atomic mass is 10.3. The molecule has 0 fully saturated rings. The van der Waals surface area contributed by atoms with Crippen molar-refractivity contribution in [3.8, 4) is 0 Å². The molecule has 0 atom stereocenters. The van der Waals surface area contributed by atoms with Gasteiger partial charge in [-0.05, 0) is 22.6 Å². The van der Waals surface area contributed by atoms with Crippen LogP contribution in [0.5, 0.6) is 0 Å². The highest BCUT2D eigenvalue weighted by Crippen LogP contribution is 1.95. The molecule has 4 heteroatoms. The molecule has 0 bridgehead atoms. The molecule has 0 aliphatic heterocycles. The van der Waals surface area contributed by atoms with E-state index in [2.05, 4.69) is 0 Å². The number of nitrogen functional groups attached to an aromatic ring is 1. The second kappa shape index (κ2) is 5.47. The summed E-state index contributed by atoms with van der Waals surface area (Å²) in [5, 5.41) is 0. The maximum atomic E-state index is 6.86. The van der Waals surface area contributed by atoms with E-state index in [0.29, 0.717) is 0 Å². The van der Waals surface area contributed by atoms with Crippen molar-refractivity contribution in [2.45, 2.75) is 0 Å². The second-order valence-corrected chi connectivity index (χ2v) is 1.51. The number of para-hydroxylation sites is 1. The third-order valence-electron chi connectivity index (χ3n) is 0.800. The van der Waals surface area contributed by atoms with Crippen molar-refractivity contribution in [3.05, 3.63) is 40.8 Å². The van der Waals surface area contributed by atoms with Gasteiger partial charge in [0.25, 0.3) is 0 Å². The molecule has 0 heterocycles. The van der Waals surface area contributed by atoms with Crippen LogP contribution >= 0.6 is 0 Å². The van der Waals surface area contributed by atoms with E-state index in [1.165, 1.54) is 0 Å². The van der Waals surface area contributed by atoms with Gasteiger partial charge < -0.3 is 5.73 Å². The Labute approximate surface area is 58.7 Å². The number of nitrogens with zero attached hydrogens (tertiary/aromatic N) is 2. The van der Waals surface area contributed by atoms with Crippen LogP contribution in [0.4, 0.5) is 5.69 Å². The lowest BCUT2D eigenvalue weighted by Crippen LogP contribution is -1.79. The minimum Gasteiger partial charge on any atom is -0.399 e. The maximum Gasteiger partial charge on any atom is 0.0313 e. The van der Waals surface area contributed by atoms with Crippen molar-refractivity contribution < 1.29 is 0 Å². The molecule has 1 rings (SSSR count). The van der Waals surface area contributed by atoms with E-state index in [1.54, 1.807) is 4.91 Å². The molecule has 0 saturated carbocycles. The highest BCUT2D eigenvalue weighted by molar-refractivity contribution is 5.35. The summed E-state index contributed by atoms with van der Waals surface area (Å²) in [7, 11) is 0. The zero-order valence-corrected chi connectivity index (χ0v) is 5.36. The van der Waals surface area contributed by atoms with Gasteiger partial charge in [0, 0.05) is 5.69 Å². The fourth-order valence-electron chi connectivity index (χ4n) is 0.453. The van der Waals surface area contributed by atoms with Gasteiger partial charge in [0.05, 0.1) is 0 Å². The summed E-state index contributed by atoms with van der Waals surface area (Å²) < 4.78 is 0. The SMILES string of the molecule is Nc1ccccc1.[N-]=[N+]=N. The topological polar surface area (TPSA) is 86.3 Å². The molecule has 0 amide bonds. The first-order valence-corrected chi connectivity index (χ1v) is 2.62. The first-order valence-electron chi connectivity index (χ1n) is 2.62. The third kappa shape index (κ3) is 4.49. The summed E-state index contributed by atoms with van der Waals surface area (Å²) in [6.45, 7) is 0. The Morgan fingerprint density at radius 3 is 1.90 bits per heavy atom. The van der Waals surface area contributed by atoms with Gasteiger partial charge in [-0.2, -0.15) is 0 Å². The number of benzene rings is 1. The molecular formula is C6H8N4. The van der Waals surface area contributed by atoms with E-state index in [4.69, 9.17) is 16.8 Å². The van der Waals surface area contributed by atoms with E-state index in [1.807, 2.05) is 30.3 Å². The Hall–Kier alpha value is -1.67. The molecule has 0 spiro atoms. The summed E-state index contributed by atoms with van der Waals surface area (Å²) in [6.07, 6.45) is 0. The van der Waals surface area contributed by atoms with Crippen LogP contribution in [0.2, 0.25) is 0 Å². The normalized spacial score (nSPS) is 6.80. The van der Waals surface area contributed by atoms with Gasteiger partial charge in [-0.1, -0.05) is 18.2 Å². The number of anilines is 1. The van der Waals surface area contributed by atoms with Crippen molar-refractivity contribution in [2.75, 3.05) is 5.73 Å². The number of rotatable bonds is 0. The molecule has 0 aliphatic rings. The predicted octanol–water partition coefficient (Wildman–Crippen LogP) is 2.14. The molecule has 3 N–H and O–H groups in total. The smallest absolute Gasteiger partial charge is 0.0313 e. The molecule has 1 aromatic rings. The van der Waals surface area contributed by atoms with Gasteiger partial charge in [0.15, 0.2) is 0 Å². The zero-order valence-electron chi connectivity index (χ0n) is 5.36. The molecule has 0 aliphatic carbocycles. The van der Waals surface area contributed by atoms with Crippen LogP contribution in [-0.4, -0.2) is 0 Å². The monoisotopic (exact) mass is 136 g/mol. The fraction of sp³-hybridized carbons (Fsp3) is 0. The molecular weight excluding hydrogens is 128 g/mol. The molecule has 0 aromatic heterocycles. The van der Waals surface area contributed by atoms with Crippen molar-refractivity contribution in [2.24, 2.45) is 0 Å². The van der Waals surface area contributed by atoms with Crippen molar-refractivity contribution in [1.82, 2.24) is 0 Å². The van der Waals surface area contributed by atoms with Crippen molar-refractivity contribution in [1.29, 1.82) is 5.53 Å². The summed E-state index contributed by atoms with van der Waals surface area (Å²) in [5.74, 6) is 0. The van der Waals surface area contributed by atoms with Gasteiger partial charge in [-0.15, -0.1) is 5.53 Å². The highest BCUT2D eigenvalue weighted by atomic mass is 15.0. The Kier molecular flexibility index (Phi) is 4.55. The van der Waals surface area contributed by atoms with Crippen LogP contribution in [-0.2, 0) is 0 Å². The van der Waals surface area contributed by atoms with Crippen molar-refractivity contribution >= 4 is 5.69 Å². The van der Waals surface area contributed by atoms with Gasteiger partial charge in [0.1, 0.15) is 0 Å². The third-order valence-corrected chi connectivity index (χ3v) is 0.800. The molecule has 4 nitrogen and oxygen atoms in total. The fourth-order valence-corrected chi connectivity index (χ4v) is 0.453. The van der Waals surface area contributed by atoms with Crippen LogP contribution in [0.1, 0.15) is 0 Å². The summed E-state index contributed by atoms with van der Waals surface area (Å²) in [6, 6.07) is 9.49. The molecule has 0 saturated heterocycles. The first kappa shape index (κ1) is 8.33. The van der Waals surface area contributed by atoms with E-state index in [9.17, 15) is 0 Å². The Bertz CT molecular complexity index is 200. The van der Waals surface area contributed by atoms with Gasteiger partial charge in [0.2, 0.25) is 0 Å². The lowest BCUT2D eigenvalue weighted by Gasteiger charge is -1.83. The molecule has 10 heavy (non-hydrogen) atoms. The Morgan fingerprint density at radius 2 is 1.70 bits per heavy atom. The standard InChI is InChI=1S/C6H7N.HN3/c7-6-4-2-1-3-5-6;1-3-2/h1-5H,7H2;1H. The molecule has 52 valence electrons. The van der Waals surface area contributed by atoms with Gasteiger partial charge >= 0.3 is 0 Å². The van der Waals surface area contributed by atoms with Crippen LogP contribution in [0, 0.1) is 5.53 Å². The van der Waals surface area contributed by atoms with Crippen molar-refractivity contribution in [3.63, 3.8) is 0 Å². The summed E-state index contributed by atoms with van der Waals surface area (Å²) in [4.78, 5) is 1.75. The Morgan fingerprint density at radius 1 is 1.30 bits per heavy atom. The second-order valence-electron chi connectivity index (χ2n) is 1.51. The largest absolute Gasteiger partial charge is 0.399 e. The highest BCUT2D eigenvalue weighted by Gasteiger charge is 1.72. The van der Waals surface area contributed by atoms with Gasteiger partial charge in [-0.25, -0.2) is 0 Å². The lowest BCUT2D eigenvalue weighted by molar-refractivity contribution is 1.45.